The van der Waals surface area contributed by atoms with Gasteiger partial charge in [-0.1, -0.05) is 67.9 Å². The molecule has 1 amide bonds. The van der Waals surface area contributed by atoms with Crippen molar-refractivity contribution in [3.05, 3.63) is 77.4 Å². The second kappa shape index (κ2) is 11.0. The molecule has 1 N–H and O–H groups in total. The van der Waals surface area contributed by atoms with Crippen LogP contribution in [0.4, 0.5) is 0 Å². The third-order valence-electron chi connectivity index (χ3n) is 4.38. The quantitative estimate of drug-likeness (QED) is 0.629. The number of amides is 1. The third kappa shape index (κ3) is 7.48. The van der Waals surface area contributed by atoms with Crippen LogP contribution < -0.4 is 0 Å². The number of carbonyl (C=O) groups excluding carboxylic acids is 1. The zero-order valence-electron chi connectivity index (χ0n) is 15.8. The first-order valence-corrected chi connectivity index (χ1v) is 9.40. The van der Waals surface area contributed by atoms with Crippen molar-refractivity contribution in [1.82, 2.24) is 4.90 Å². The second-order valence-corrected chi connectivity index (χ2v) is 6.57. The summed E-state index contributed by atoms with van der Waals surface area (Å²) in [7, 11) is 0. The number of unbranched alkanes of at least 4 members (excludes halogenated alkanes) is 1. The van der Waals surface area contributed by atoms with Crippen molar-refractivity contribution in [2.75, 3.05) is 6.54 Å². The van der Waals surface area contributed by atoms with Gasteiger partial charge in [0.2, 0.25) is 5.91 Å². The van der Waals surface area contributed by atoms with E-state index >= 15 is 0 Å². The summed E-state index contributed by atoms with van der Waals surface area (Å²) in [6.07, 6.45) is 5.99. The zero-order chi connectivity index (χ0) is 19.5. The van der Waals surface area contributed by atoms with E-state index in [1.165, 1.54) is 5.56 Å². The Morgan fingerprint density at radius 1 is 1.00 bits per heavy atom. The Morgan fingerprint density at radius 3 is 2.33 bits per heavy atom. The SMILES string of the molecule is CCCCC(=O)N(CCc1ccccc1)Cc1ccc(C=CC(=O)O)cc1. The molecule has 0 saturated heterocycles. The van der Waals surface area contributed by atoms with Crippen LogP contribution in [0.15, 0.2) is 60.7 Å². The number of carboxylic acids is 1. The van der Waals surface area contributed by atoms with Crippen molar-refractivity contribution < 1.29 is 14.7 Å². The van der Waals surface area contributed by atoms with E-state index in [4.69, 9.17) is 5.11 Å². The van der Waals surface area contributed by atoms with Gasteiger partial charge in [0.25, 0.3) is 0 Å². The molecule has 0 fully saturated rings. The normalized spacial score (nSPS) is 10.9. The highest BCUT2D eigenvalue weighted by Crippen LogP contribution is 2.12. The number of aliphatic carboxylic acids is 1. The Balaban J connectivity index is 2.03. The van der Waals surface area contributed by atoms with Crippen molar-refractivity contribution in [3.8, 4) is 0 Å². The fraction of sp³-hybridized carbons (Fsp3) is 0.304. The van der Waals surface area contributed by atoms with Crippen molar-refractivity contribution in [2.45, 2.75) is 39.2 Å². The van der Waals surface area contributed by atoms with Crippen molar-refractivity contribution in [1.29, 1.82) is 0 Å². The fourth-order valence-corrected chi connectivity index (χ4v) is 2.81. The summed E-state index contributed by atoms with van der Waals surface area (Å²) in [5.41, 5.74) is 3.09. The first-order valence-electron chi connectivity index (χ1n) is 9.40. The molecule has 2 aromatic carbocycles. The number of benzene rings is 2. The number of hydrogen-bond acceptors (Lipinski definition) is 2. The van der Waals surface area contributed by atoms with Gasteiger partial charge < -0.3 is 10.0 Å². The molecule has 27 heavy (non-hydrogen) atoms. The number of rotatable bonds is 10. The third-order valence-corrected chi connectivity index (χ3v) is 4.38. The lowest BCUT2D eigenvalue weighted by Crippen LogP contribution is -2.32. The van der Waals surface area contributed by atoms with Crippen LogP contribution in [0.2, 0.25) is 0 Å². The molecule has 0 radical (unpaired) electrons. The number of carbonyl (C=O) groups is 2. The van der Waals surface area contributed by atoms with E-state index in [1.807, 2.05) is 47.4 Å². The predicted molar refractivity (Wildman–Crippen MR) is 108 cm³/mol. The minimum Gasteiger partial charge on any atom is -0.478 e. The van der Waals surface area contributed by atoms with Gasteiger partial charge in [-0.25, -0.2) is 4.79 Å². The maximum atomic E-state index is 12.6. The highest BCUT2D eigenvalue weighted by atomic mass is 16.4. The second-order valence-electron chi connectivity index (χ2n) is 6.57. The molecule has 0 spiro atoms. The molecule has 0 aromatic heterocycles. The molecule has 0 atom stereocenters. The van der Waals surface area contributed by atoms with E-state index in [2.05, 4.69) is 19.1 Å². The van der Waals surface area contributed by atoms with Crippen molar-refractivity contribution in [3.63, 3.8) is 0 Å². The average Bonchev–Trinajstić information content (AvgIpc) is 2.69. The summed E-state index contributed by atoms with van der Waals surface area (Å²) in [4.78, 5) is 25.1. The molecule has 2 aromatic rings. The van der Waals surface area contributed by atoms with Crippen LogP contribution >= 0.6 is 0 Å². The number of nitrogens with zero attached hydrogens (tertiary/aromatic N) is 1. The lowest BCUT2D eigenvalue weighted by atomic mass is 10.1. The molecule has 0 heterocycles. The average molecular weight is 365 g/mol. The Morgan fingerprint density at radius 2 is 1.70 bits per heavy atom. The van der Waals surface area contributed by atoms with Crippen LogP contribution in [0.1, 0.15) is 42.9 Å². The molecule has 4 nitrogen and oxygen atoms in total. The Bertz CT molecular complexity index is 751. The maximum Gasteiger partial charge on any atom is 0.328 e. The van der Waals surface area contributed by atoms with Crippen molar-refractivity contribution in [2.24, 2.45) is 0 Å². The molecule has 0 bridgehead atoms. The Labute approximate surface area is 161 Å². The summed E-state index contributed by atoms with van der Waals surface area (Å²) in [5, 5.41) is 8.70. The Kier molecular flexibility index (Phi) is 8.30. The van der Waals surface area contributed by atoms with Gasteiger partial charge in [0.05, 0.1) is 0 Å². The van der Waals surface area contributed by atoms with E-state index < -0.39 is 5.97 Å². The summed E-state index contributed by atoms with van der Waals surface area (Å²) in [6.45, 7) is 3.34. The van der Waals surface area contributed by atoms with Gasteiger partial charge in [-0.3, -0.25) is 4.79 Å². The molecule has 4 heteroatoms. The van der Waals surface area contributed by atoms with E-state index in [0.717, 1.165) is 36.5 Å². The summed E-state index contributed by atoms with van der Waals surface area (Å²) < 4.78 is 0. The van der Waals surface area contributed by atoms with Gasteiger partial charge in [0, 0.05) is 25.6 Å². The predicted octanol–water partition coefficient (Wildman–Crippen LogP) is 4.55. The molecule has 0 aliphatic carbocycles. The van der Waals surface area contributed by atoms with E-state index in [9.17, 15) is 9.59 Å². The van der Waals surface area contributed by atoms with Crippen LogP contribution in [-0.4, -0.2) is 28.4 Å². The van der Waals surface area contributed by atoms with Crippen LogP contribution in [0.3, 0.4) is 0 Å². The lowest BCUT2D eigenvalue weighted by Gasteiger charge is -2.23. The van der Waals surface area contributed by atoms with Crippen molar-refractivity contribution >= 4 is 18.0 Å². The highest BCUT2D eigenvalue weighted by molar-refractivity contribution is 5.85. The van der Waals surface area contributed by atoms with Gasteiger partial charge in [-0.05, 0) is 35.6 Å². The molecule has 0 unspecified atom stereocenters. The molecule has 0 saturated carbocycles. The van der Waals surface area contributed by atoms with E-state index in [1.54, 1.807) is 6.08 Å². The van der Waals surface area contributed by atoms with Gasteiger partial charge in [0.1, 0.15) is 0 Å². The first kappa shape index (κ1) is 20.4. The summed E-state index contributed by atoms with van der Waals surface area (Å²) >= 11 is 0. The van der Waals surface area contributed by atoms with Gasteiger partial charge in [-0.15, -0.1) is 0 Å². The van der Waals surface area contributed by atoms with Crippen LogP contribution in [0, 0.1) is 0 Å². The van der Waals surface area contributed by atoms with Crippen LogP contribution in [0.5, 0.6) is 0 Å². The summed E-state index contributed by atoms with van der Waals surface area (Å²) in [6, 6.07) is 17.8. The maximum absolute atomic E-state index is 12.6. The van der Waals surface area contributed by atoms with Crippen LogP contribution in [-0.2, 0) is 22.6 Å². The smallest absolute Gasteiger partial charge is 0.328 e. The molecule has 0 aliphatic rings. The first-order chi connectivity index (χ1) is 13.1. The van der Waals surface area contributed by atoms with Gasteiger partial charge >= 0.3 is 5.97 Å². The van der Waals surface area contributed by atoms with Gasteiger partial charge in [-0.2, -0.15) is 0 Å². The van der Waals surface area contributed by atoms with Gasteiger partial charge in [0.15, 0.2) is 0 Å². The molecule has 142 valence electrons. The van der Waals surface area contributed by atoms with E-state index in [-0.39, 0.29) is 5.91 Å². The minimum atomic E-state index is -0.965. The largest absolute Gasteiger partial charge is 0.478 e. The zero-order valence-corrected chi connectivity index (χ0v) is 15.8. The van der Waals surface area contributed by atoms with E-state index in [0.29, 0.717) is 19.5 Å². The Hall–Kier alpha value is -2.88. The monoisotopic (exact) mass is 365 g/mol. The summed E-state index contributed by atoms with van der Waals surface area (Å²) in [5.74, 6) is -0.782. The lowest BCUT2D eigenvalue weighted by molar-refractivity contribution is -0.132. The molecule has 2 rings (SSSR count). The molecular formula is C23H27NO3. The number of carboxylic acid groups (broad SMARTS) is 1. The topological polar surface area (TPSA) is 57.6 Å². The standard InChI is InChI=1S/C23H27NO3/c1-2-3-9-22(25)24(17-16-19-7-5-4-6-8-19)18-21-12-10-20(11-13-21)14-15-23(26)27/h4-8,10-15H,2-3,9,16-18H2,1H3,(H,26,27). The highest BCUT2D eigenvalue weighted by Gasteiger charge is 2.13. The minimum absolute atomic E-state index is 0.183. The molecular weight excluding hydrogens is 338 g/mol. The fourth-order valence-electron chi connectivity index (χ4n) is 2.81. The molecule has 0 aliphatic heterocycles. The number of hydrogen-bond donors (Lipinski definition) is 1. The van der Waals surface area contributed by atoms with Crippen LogP contribution in [0.25, 0.3) is 6.08 Å².